The molecule has 2 saturated heterocycles. The van der Waals surface area contributed by atoms with E-state index in [1.807, 2.05) is 11.8 Å². The van der Waals surface area contributed by atoms with E-state index in [9.17, 15) is 4.79 Å². The van der Waals surface area contributed by atoms with Gasteiger partial charge in [-0.25, -0.2) is 0 Å². The summed E-state index contributed by atoms with van der Waals surface area (Å²) in [4.78, 5) is 18.0. The van der Waals surface area contributed by atoms with Gasteiger partial charge >= 0.3 is 0 Å². The second kappa shape index (κ2) is 8.45. The van der Waals surface area contributed by atoms with Gasteiger partial charge in [-0.1, -0.05) is 42.5 Å². The van der Waals surface area contributed by atoms with E-state index in [1.54, 1.807) is 0 Å². The van der Waals surface area contributed by atoms with Crippen LogP contribution in [-0.4, -0.2) is 59.4 Å². The van der Waals surface area contributed by atoms with Gasteiger partial charge in [-0.05, 0) is 54.4 Å². The Labute approximate surface area is 160 Å². The number of hydrogen-bond acceptors (Lipinski definition) is 3. The number of nitrogens with zero attached hydrogens (tertiary/aromatic N) is 2. The molecule has 0 saturated carbocycles. The maximum atomic E-state index is 13.2. The van der Waals surface area contributed by atoms with E-state index in [1.165, 1.54) is 42.5 Å². The minimum absolute atomic E-state index is 0.299. The number of rotatable bonds is 4. The molecule has 138 valence electrons. The fourth-order valence-corrected chi connectivity index (χ4v) is 5.34. The lowest BCUT2D eigenvalue weighted by molar-refractivity contribution is -0.132. The van der Waals surface area contributed by atoms with Crippen LogP contribution in [-0.2, 0) is 11.2 Å². The zero-order chi connectivity index (χ0) is 17.8. The van der Waals surface area contributed by atoms with Crippen LogP contribution in [0, 0.1) is 0 Å². The standard InChI is InChI=1S/C22H28N2OS/c25-22(15-19-9-5-8-18-7-1-2-10-21(18)19)24-13-6-14-26-17-20(24)16-23-11-3-4-12-23/h1-2,5,7-10,20H,3-4,6,11-17H2/t20-/m1/s1. The maximum absolute atomic E-state index is 13.2. The highest BCUT2D eigenvalue weighted by Gasteiger charge is 2.28. The van der Waals surface area contributed by atoms with Gasteiger partial charge in [0.2, 0.25) is 5.91 Å². The van der Waals surface area contributed by atoms with Crippen molar-refractivity contribution in [2.45, 2.75) is 31.7 Å². The van der Waals surface area contributed by atoms with E-state index < -0.39 is 0 Å². The van der Waals surface area contributed by atoms with Crippen LogP contribution in [0.1, 0.15) is 24.8 Å². The summed E-state index contributed by atoms with van der Waals surface area (Å²) >= 11 is 2.02. The van der Waals surface area contributed by atoms with Gasteiger partial charge in [0, 0.05) is 18.8 Å². The Kier molecular flexibility index (Phi) is 5.81. The van der Waals surface area contributed by atoms with Crippen LogP contribution in [0.2, 0.25) is 0 Å². The molecule has 2 aliphatic heterocycles. The molecule has 2 fully saturated rings. The summed E-state index contributed by atoms with van der Waals surface area (Å²) in [5, 5.41) is 2.43. The number of likely N-dealkylation sites (tertiary alicyclic amines) is 1. The van der Waals surface area contributed by atoms with Crippen LogP contribution in [0.5, 0.6) is 0 Å². The Morgan fingerprint density at radius 1 is 1.00 bits per heavy atom. The molecule has 4 rings (SSSR count). The highest BCUT2D eigenvalue weighted by molar-refractivity contribution is 7.99. The molecule has 2 aromatic rings. The third-order valence-electron chi connectivity index (χ3n) is 5.65. The molecule has 1 amide bonds. The van der Waals surface area contributed by atoms with Crippen LogP contribution < -0.4 is 0 Å². The van der Waals surface area contributed by atoms with Crippen LogP contribution in [0.15, 0.2) is 42.5 Å². The molecule has 0 aromatic heterocycles. The van der Waals surface area contributed by atoms with E-state index in [-0.39, 0.29) is 0 Å². The van der Waals surface area contributed by atoms with Crippen molar-refractivity contribution >= 4 is 28.4 Å². The van der Waals surface area contributed by atoms with Crippen molar-refractivity contribution in [2.75, 3.05) is 37.7 Å². The van der Waals surface area contributed by atoms with Crippen LogP contribution >= 0.6 is 11.8 Å². The van der Waals surface area contributed by atoms with Gasteiger partial charge in [-0.15, -0.1) is 0 Å². The van der Waals surface area contributed by atoms with Gasteiger partial charge in [0.05, 0.1) is 12.5 Å². The van der Waals surface area contributed by atoms with Crippen molar-refractivity contribution in [1.82, 2.24) is 9.80 Å². The van der Waals surface area contributed by atoms with E-state index >= 15 is 0 Å². The smallest absolute Gasteiger partial charge is 0.227 e. The summed E-state index contributed by atoms with van der Waals surface area (Å²) in [7, 11) is 0. The second-order valence-electron chi connectivity index (χ2n) is 7.49. The summed E-state index contributed by atoms with van der Waals surface area (Å²) in [6.45, 7) is 4.36. The first kappa shape index (κ1) is 17.9. The van der Waals surface area contributed by atoms with Crippen LogP contribution in [0.3, 0.4) is 0 Å². The van der Waals surface area contributed by atoms with E-state index in [0.717, 1.165) is 30.8 Å². The lowest BCUT2D eigenvalue weighted by atomic mass is 10.0. The zero-order valence-electron chi connectivity index (χ0n) is 15.4. The second-order valence-corrected chi connectivity index (χ2v) is 8.64. The molecule has 0 N–H and O–H groups in total. The Morgan fingerprint density at radius 3 is 2.69 bits per heavy atom. The van der Waals surface area contributed by atoms with Crippen molar-refractivity contribution in [3.8, 4) is 0 Å². The van der Waals surface area contributed by atoms with E-state index in [2.05, 4.69) is 52.3 Å². The van der Waals surface area contributed by atoms with Crippen molar-refractivity contribution < 1.29 is 4.79 Å². The lowest BCUT2D eigenvalue weighted by Crippen LogP contribution is -2.48. The Morgan fingerprint density at radius 2 is 1.81 bits per heavy atom. The van der Waals surface area contributed by atoms with E-state index in [0.29, 0.717) is 18.4 Å². The molecule has 0 radical (unpaired) electrons. The third kappa shape index (κ3) is 4.07. The maximum Gasteiger partial charge on any atom is 0.227 e. The molecule has 2 aliphatic rings. The number of hydrogen-bond donors (Lipinski definition) is 0. The normalized spacial score (nSPS) is 21.8. The molecular weight excluding hydrogens is 340 g/mol. The number of amides is 1. The molecule has 0 bridgehead atoms. The molecular formula is C22H28N2OS. The first-order valence-corrected chi connectivity index (χ1v) is 11.0. The topological polar surface area (TPSA) is 23.6 Å². The summed E-state index contributed by atoms with van der Waals surface area (Å²) in [6, 6.07) is 15.1. The Hall–Kier alpha value is -1.52. The van der Waals surface area contributed by atoms with Crippen molar-refractivity contribution in [3.05, 3.63) is 48.0 Å². The molecule has 0 unspecified atom stereocenters. The van der Waals surface area contributed by atoms with Gasteiger partial charge in [-0.3, -0.25) is 4.79 Å². The molecule has 2 aromatic carbocycles. The first-order valence-electron chi connectivity index (χ1n) is 9.87. The van der Waals surface area contributed by atoms with Crippen LogP contribution in [0.25, 0.3) is 10.8 Å². The first-order chi connectivity index (χ1) is 12.8. The molecule has 3 nitrogen and oxygen atoms in total. The molecule has 1 atom stereocenters. The van der Waals surface area contributed by atoms with Crippen molar-refractivity contribution in [3.63, 3.8) is 0 Å². The van der Waals surface area contributed by atoms with Gasteiger partial charge < -0.3 is 9.80 Å². The highest BCUT2D eigenvalue weighted by atomic mass is 32.2. The van der Waals surface area contributed by atoms with Crippen molar-refractivity contribution in [1.29, 1.82) is 0 Å². The molecule has 26 heavy (non-hydrogen) atoms. The lowest BCUT2D eigenvalue weighted by Gasteiger charge is -2.33. The fraction of sp³-hybridized carbons (Fsp3) is 0.500. The average Bonchev–Trinajstić information content (AvgIpc) is 3.06. The average molecular weight is 369 g/mol. The molecule has 2 heterocycles. The highest BCUT2D eigenvalue weighted by Crippen LogP contribution is 2.23. The molecule has 0 spiro atoms. The predicted molar refractivity (Wildman–Crippen MR) is 111 cm³/mol. The molecule has 4 heteroatoms. The number of fused-ring (bicyclic) bond motifs is 1. The van der Waals surface area contributed by atoms with Gasteiger partial charge in [0.1, 0.15) is 0 Å². The minimum Gasteiger partial charge on any atom is -0.337 e. The van der Waals surface area contributed by atoms with Crippen molar-refractivity contribution in [2.24, 2.45) is 0 Å². The number of carbonyl (C=O) groups is 1. The summed E-state index contributed by atoms with van der Waals surface area (Å²) < 4.78 is 0. The van der Waals surface area contributed by atoms with Gasteiger partial charge in [0.15, 0.2) is 0 Å². The SMILES string of the molecule is O=C(Cc1cccc2ccccc12)N1CCCSC[C@H]1CN1CCCC1. The third-order valence-corrected chi connectivity index (χ3v) is 6.85. The number of thioether (sulfide) groups is 1. The minimum atomic E-state index is 0.299. The summed E-state index contributed by atoms with van der Waals surface area (Å²) in [5.41, 5.74) is 1.16. The quantitative estimate of drug-likeness (QED) is 0.820. The molecule has 0 aliphatic carbocycles. The largest absolute Gasteiger partial charge is 0.337 e. The Balaban J connectivity index is 1.51. The van der Waals surface area contributed by atoms with Gasteiger partial charge in [0.25, 0.3) is 0 Å². The monoisotopic (exact) mass is 368 g/mol. The van der Waals surface area contributed by atoms with Gasteiger partial charge in [-0.2, -0.15) is 11.8 Å². The summed E-state index contributed by atoms with van der Waals surface area (Å²) in [6.07, 6.45) is 4.25. The number of carbonyl (C=O) groups excluding carboxylic acids is 1. The number of benzene rings is 2. The van der Waals surface area contributed by atoms with E-state index in [4.69, 9.17) is 0 Å². The predicted octanol–water partition coefficient (Wildman–Crippen LogP) is 3.81. The Bertz CT molecular complexity index is 751. The fourth-order valence-electron chi connectivity index (χ4n) is 4.28. The summed E-state index contributed by atoms with van der Waals surface area (Å²) in [5.74, 6) is 2.56. The zero-order valence-corrected chi connectivity index (χ0v) is 16.2. The van der Waals surface area contributed by atoms with Crippen LogP contribution in [0.4, 0.5) is 0 Å².